The number of carbonyl (C=O) groups is 1. The Morgan fingerprint density at radius 1 is 1.00 bits per heavy atom. The number of nitrogens with zero attached hydrogens (tertiary/aromatic N) is 4. The molecule has 8 nitrogen and oxygen atoms in total. The first-order chi connectivity index (χ1) is 20.9. The van der Waals surface area contributed by atoms with E-state index in [0.717, 1.165) is 49.8 Å². The molecule has 0 spiro atoms. The Morgan fingerprint density at radius 2 is 1.82 bits per heavy atom. The number of carboxylic acid groups (broad SMARTS) is 1. The molecule has 0 atom stereocenters. The number of ether oxygens (including phenoxy) is 2. The molecule has 0 aliphatic heterocycles. The number of thioether (sulfide) groups is 1. The lowest BCUT2D eigenvalue weighted by Crippen LogP contribution is -2.28. The maximum atomic E-state index is 12.4. The van der Waals surface area contributed by atoms with Crippen molar-refractivity contribution < 1.29 is 19.4 Å². The molecule has 4 aromatic heterocycles. The third-order valence-electron chi connectivity index (χ3n) is 7.22. The zero-order chi connectivity index (χ0) is 31.5. The zero-order valence-electron chi connectivity index (χ0n) is 26.0. The fourth-order valence-electron chi connectivity index (χ4n) is 4.97. The zero-order valence-corrected chi connectivity index (χ0v) is 26.8. The number of pyridine rings is 3. The van der Waals surface area contributed by atoms with Gasteiger partial charge in [-0.3, -0.25) is 14.8 Å². The quantitative estimate of drug-likeness (QED) is 0.152. The van der Waals surface area contributed by atoms with E-state index in [-0.39, 0.29) is 4.75 Å². The number of aliphatic carboxylic acids is 1. The maximum Gasteiger partial charge on any atom is 0.309 e. The molecule has 0 saturated heterocycles. The second kappa shape index (κ2) is 12.7. The van der Waals surface area contributed by atoms with E-state index in [4.69, 9.17) is 14.5 Å². The largest absolute Gasteiger partial charge is 0.487 e. The molecule has 0 unspecified atom stereocenters. The second-order valence-electron chi connectivity index (χ2n) is 12.3. The van der Waals surface area contributed by atoms with Crippen LogP contribution >= 0.6 is 11.8 Å². The van der Waals surface area contributed by atoms with Gasteiger partial charge >= 0.3 is 5.97 Å². The van der Waals surface area contributed by atoms with Crippen molar-refractivity contribution in [2.24, 2.45) is 5.41 Å². The lowest BCUT2D eigenvalue weighted by Gasteiger charge is -2.24. The summed E-state index contributed by atoms with van der Waals surface area (Å²) in [5, 5.41) is 11.2. The number of hydrogen-bond acceptors (Lipinski definition) is 7. The normalized spacial score (nSPS) is 12.0. The molecule has 5 aromatic rings. The maximum absolute atomic E-state index is 12.4. The highest BCUT2D eigenvalue weighted by Gasteiger charge is 2.33. The summed E-state index contributed by atoms with van der Waals surface area (Å²) in [6.07, 6.45) is 5.59. The number of hydrogen-bond donors (Lipinski definition) is 1. The Bertz CT molecular complexity index is 1760. The van der Waals surface area contributed by atoms with Gasteiger partial charge in [0.05, 0.1) is 30.5 Å². The number of carboxylic acids is 1. The predicted octanol–water partition coefficient (Wildman–Crippen LogP) is 7.67. The first-order valence-electron chi connectivity index (χ1n) is 14.5. The van der Waals surface area contributed by atoms with Crippen molar-refractivity contribution in [3.63, 3.8) is 0 Å². The monoisotopic (exact) mass is 610 g/mol. The van der Waals surface area contributed by atoms with E-state index in [0.29, 0.717) is 25.5 Å². The summed E-state index contributed by atoms with van der Waals surface area (Å²) < 4.78 is 14.0. The number of benzene rings is 1. The van der Waals surface area contributed by atoms with E-state index >= 15 is 0 Å². The molecule has 228 valence electrons. The molecule has 4 heterocycles. The van der Waals surface area contributed by atoms with Crippen LogP contribution in [0, 0.1) is 5.41 Å². The SMILES string of the molecule is COc1nc(-c2cccnc2)ccc1Cn1c(CC(C)(C)C(=O)O)c(SC(C)(C)C)c2cc(OCc3ccccn3)ccc21. The van der Waals surface area contributed by atoms with Gasteiger partial charge in [0.1, 0.15) is 12.4 Å². The summed E-state index contributed by atoms with van der Waals surface area (Å²) in [6, 6.07) is 19.7. The summed E-state index contributed by atoms with van der Waals surface area (Å²) >= 11 is 1.74. The molecule has 0 fully saturated rings. The minimum absolute atomic E-state index is 0.128. The number of rotatable bonds is 11. The van der Waals surface area contributed by atoms with Crippen molar-refractivity contribution in [1.29, 1.82) is 0 Å². The van der Waals surface area contributed by atoms with E-state index in [1.54, 1.807) is 51.3 Å². The van der Waals surface area contributed by atoms with Crippen LogP contribution in [0.5, 0.6) is 11.6 Å². The Kier molecular flexibility index (Phi) is 8.97. The lowest BCUT2D eigenvalue weighted by atomic mass is 9.88. The van der Waals surface area contributed by atoms with E-state index in [1.807, 2.05) is 48.5 Å². The second-order valence-corrected chi connectivity index (χ2v) is 14.2. The summed E-state index contributed by atoms with van der Waals surface area (Å²) in [7, 11) is 1.62. The third kappa shape index (κ3) is 7.05. The molecule has 0 aliphatic rings. The minimum atomic E-state index is -0.996. The molecule has 0 radical (unpaired) electrons. The molecule has 9 heteroatoms. The fraction of sp³-hybridized carbons (Fsp3) is 0.314. The van der Waals surface area contributed by atoms with Crippen LogP contribution in [-0.2, 0) is 24.4 Å². The van der Waals surface area contributed by atoms with Gasteiger partial charge in [0.15, 0.2) is 0 Å². The summed E-state index contributed by atoms with van der Waals surface area (Å²) in [4.78, 5) is 26.8. The number of methoxy groups -OCH3 is 1. The Labute approximate surface area is 262 Å². The fourth-order valence-corrected chi connectivity index (χ4v) is 6.15. The van der Waals surface area contributed by atoms with Gasteiger partial charge in [0.25, 0.3) is 0 Å². The Hall–Kier alpha value is -4.37. The number of aromatic nitrogens is 4. The summed E-state index contributed by atoms with van der Waals surface area (Å²) in [5.74, 6) is 0.387. The van der Waals surface area contributed by atoms with Gasteiger partial charge < -0.3 is 19.1 Å². The predicted molar refractivity (Wildman–Crippen MR) is 174 cm³/mol. The lowest BCUT2D eigenvalue weighted by molar-refractivity contribution is -0.146. The first-order valence-corrected chi connectivity index (χ1v) is 15.3. The smallest absolute Gasteiger partial charge is 0.309 e. The average Bonchev–Trinajstić information content (AvgIpc) is 3.26. The van der Waals surface area contributed by atoms with Crippen molar-refractivity contribution in [3.8, 4) is 22.9 Å². The molecule has 0 amide bonds. The van der Waals surface area contributed by atoms with Crippen molar-refractivity contribution in [3.05, 3.63) is 96.2 Å². The molecule has 0 aliphatic carbocycles. The van der Waals surface area contributed by atoms with Crippen molar-refractivity contribution in [2.45, 2.75) is 63.8 Å². The summed E-state index contributed by atoms with van der Waals surface area (Å²) in [6.45, 7) is 10.8. The number of fused-ring (bicyclic) bond motifs is 1. The van der Waals surface area contributed by atoms with Crippen LogP contribution in [0.3, 0.4) is 0 Å². The van der Waals surface area contributed by atoms with E-state index in [1.165, 1.54) is 0 Å². The Morgan fingerprint density at radius 3 is 2.48 bits per heavy atom. The molecular formula is C35H38N4O4S. The minimum Gasteiger partial charge on any atom is -0.487 e. The van der Waals surface area contributed by atoms with E-state index < -0.39 is 11.4 Å². The van der Waals surface area contributed by atoms with Crippen LogP contribution < -0.4 is 9.47 Å². The summed E-state index contributed by atoms with van der Waals surface area (Å²) in [5.41, 5.74) is 4.33. The van der Waals surface area contributed by atoms with Crippen LogP contribution in [0.15, 0.2) is 84.1 Å². The van der Waals surface area contributed by atoms with Gasteiger partial charge in [-0.1, -0.05) is 26.8 Å². The van der Waals surface area contributed by atoms with Crippen LogP contribution in [0.1, 0.15) is 51.6 Å². The highest BCUT2D eigenvalue weighted by Crippen LogP contribution is 2.44. The van der Waals surface area contributed by atoms with Crippen LogP contribution in [0.25, 0.3) is 22.2 Å². The first kappa shape index (κ1) is 31.1. The standard InChI is InChI=1S/C35H38N4O4S/c1-34(2,3)44-31-27-18-26(43-22-25-11-7-8-17-37-25)13-15-29(27)39(30(31)19-35(4,5)33(40)41)21-24-12-14-28(38-32(24)42-6)23-10-9-16-36-20-23/h7-18,20H,19,21-22H2,1-6H3,(H,40,41). The average molecular weight is 611 g/mol. The molecule has 1 N–H and O–H groups in total. The molecule has 5 rings (SSSR count). The van der Waals surface area contributed by atoms with Gasteiger partial charge in [0, 0.05) is 62.4 Å². The van der Waals surface area contributed by atoms with Crippen molar-refractivity contribution in [2.75, 3.05) is 7.11 Å². The molecule has 0 bridgehead atoms. The topological polar surface area (TPSA) is 99.4 Å². The van der Waals surface area contributed by atoms with Gasteiger partial charge in [-0.2, -0.15) is 0 Å². The molecule has 0 saturated carbocycles. The molecular weight excluding hydrogens is 572 g/mol. The molecule has 44 heavy (non-hydrogen) atoms. The van der Waals surface area contributed by atoms with Gasteiger partial charge in [-0.15, -0.1) is 11.8 Å². The highest BCUT2D eigenvalue weighted by atomic mass is 32.2. The highest BCUT2D eigenvalue weighted by molar-refractivity contribution is 8.00. The third-order valence-corrected chi connectivity index (χ3v) is 8.49. The Balaban J connectivity index is 1.64. The molecule has 1 aromatic carbocycles. The van der Waals surface area contributed by atoms with Gasteiger partial charge in [-0.25, -0.2) is 4.98 Å². The van der Waals surface area contributed by atoms with Crippen LogP contribution in [0.2, 0.25) is 0 Å². The van der Waals surface area contributed by atoms with Gasteiger partial charge in [-0.05, 0) is 68.4 Å². The van der Waals surface area contributed by atoms with Crippen LogP contribution in [-0.4, -0.2) is 42.5 Å². The van der Waals surface area contributed by atoms with Gasteiger partial charge in [0.2, 0.25) is 5.88 Å². The van der Waals surface area contributed by atoms with E-state index in [2.05, 4.69) is 47.4 Å². The van der Waals surface area contributed by atoms with Crippen LogP contribution in [0.4, 0.5) is 0 Å². The van der Waals surface area contributed by atoms with E-state index in [9.17, 15) is 9.90 Å². The van der Waals surface area contributed by atoms with Crippen molar-refractivity contribution >= 4 is 28.6 Å². The van der Waals surface area contributed by atoms with Crippen molar-refractivity contribution in [1.82, 2.24) is 19.5 Å².